The fourth-order valence-electron chi connectivity index (χ4n) is 1.47. The molecular weight excluding hydrogens is 216 g/mol. The number of amides is 3. The van der Waals surface area contributed by atoms with Gasteiger partial charge in [-0.25, -0.2) is 4.79 Å². The Morgan fingerprint density at radius 1 is 1.24 bits per heavy atom. The van der Waals surface area contributed by atoms with Crippen molar-refractivity contribution in [2.24, 2.45) is 0 Å². The molecule has 0 fully saturated rings. The molecule has 1 aromatic carbocycles. The van der Waals surface area contributed by atoms with E-state index >= 15 is 0 Å². The molecule has 0 radical (unpaired) electrons. The lowest BCUT2D eigenvalue weighted by Gasteiger charge is -2.14. The molecule has 2 N–H and O–H groups in total. The number of carbonyl (C=O) groups is 2. The van der Waals surface area contributed by atoms with Crippen LogP contribution < -0.4 is 10.6 Å². The van der Waals surface area contributed by atoms with Crippen molar-refractivity contribution < 1.29 is 9.59 Å². The predicted octanol–water partition coefficient (Wildman–Crippen LogP) is 2.37. The Kier molecular flexibility index (Phi) is 5.20. The molecule has 0 bridgehead atoms. The third-order valence-electron chi connectivity index (χ3n) is 2.38. The Hall–Kier alpha value is -1.84. The minimum atomic E-state index is -0.445. The maximum absolute atomic E-state index is 11.5. The lowest BCUT2D eigenvalue weighted by atomic mass is 10.1. The van der Waals surface area contributed by atoms with E-state index in [9.17, 15) is 9.59 Å². The molecule has 0 aliphatic rings. The summed E-state index contributed by atoms with van der Waals surface area (Å²) in [7, 11) is 0. The highest BCUT2D eigenvalue weighted by Crippen LogP contribution is 2.10. The number of rotatable bonds is 4. The maximum Gasteiger partial charge on any atom is 0.321 e. The minimum absolute atomic E-state index is 0.120. The Balaban J connectivity index is 2.44. The van der Waals surface area contributed by atoms with Crippen LogP contribution in [0.2, 0.25) is 0 Å². The first kappa shape index (κ1) is 13.2. The van der Waals surface area contributed by atoms with Gasteiger partial charge in [-0.05, 0) is 18.9 Å². The largest absolute Gasteiger partial charge is 0.331 e. The summed E-state index contributed by atoms with van der Waals surface area (Å²) in [6.45, 7) is 3.77. The Labute approximate surface area is 101 Å². The fourth-order valence-corrected chi connectivity index (χ4v) is 1.47. The molecule has 0 saturated heterocycles. The van der Waals surface area contributed by atoms with Crippen molar-refractivity contribution in [3.05, 3.63) is 35.9 Å². The Morgan fingerprint density at radius 3 is 2.47 bits per heavy atom. The summed E-state index contributed by atoms with van der Waals surface area (Å²) in [5.41, 5.74) is 1.01. The molecular formula is C13H18N2O2. The molecule has 1 rings (SSSR count). The number of benzene rings is 1. The fraction of sp³-hybridized carbons (Fsp3) is 0.385. The van der Waals surface area contributed by atoms with Crippen molar-refractivity contribution in [3.63, 3.8) is 0 Å². The molecule has 4 nitrogen and oxygen atoms in total. The predicted molar refractivity (Wildman–Crippen MR) is 66.4 cm³/mol. The molecule has 0 spiro atoms. The molecule has 0 aliphatic carbocycles. The number of hydrogen-bond acceptors (Lipinski definition) is 2. The monoisotopic (exact) mass is 234 g/mol. The molecule has 0 saturated carbocycles. The van der Waals surface area contributed by atoms with Gasteiger partial charge in [0.15, 0.2) is 0 Å². The molecule has 0 heterocycles. The van der Waals surface area contributed by atoms with Crippen LogP contribution >= 0.6 is 0 Å². The summed E-state index contributed by atoms with van der Waals surface area (Å²) in [5.74, 6) is -0.245. The third kappa shape index (κ3) is 4.68. The van der Waals surface area contributed by atoms with E-state index in [2.05, 4.69) is 10.6 Å². The normalized spacial score (nSPS) is 11.6. The van der Waals surface area contributed by atoms with Crippen LogP contribution in [0.25, 0.3) is 0 Å². The second kappa shape index (κ2) is 6.68. The van der Waals surface area contributed by atoms with Gasteiger partial charge in [-0.1, -0.05) is 37.3 Å². The van der Waals surface area contributed by atoms with Crippen LogP contribution in [0.3, 0.4) is 0 Å². The first-order chi connectivity index (χ1) is 8.13. The van der Waals surface area contributed by atoms with E-state index in [1.54, 1.807) is 0 Å². The van der Waals surface area contributed by atoms with E-state index < -0.39 is 6.03 Å². The second-order valence-corrected chi connectivity index (χ2v) is 3.90. The zero-order valence-electron chi connectivity index (χ0n) is 10.2. The second-order valence-electron chi connectivity index (χ2n) is 3.90. The van der Waals surface area contributed by atoms with Crippen molar-refractivity contribution >= 4 is 11.9 Å². The highest BCUT2D eigenvalue weighted by molar-refractivity contribution is 5.94. The minimum Gasteiger partial charge on any atom is -0.331 e. The number of nitrogens with one attached hydrogen (secondary N) is 2. The highest BCUT2D eigenvalue weighted by Gasteiger charge is 2.10. The van der Waals surface area contributed by atoms with Gasteiger partial charge in [0.1, 0.15) is 0 Å². The molecule has 1 atom stereocenters. The van der Waals surface area contributed by atoms with Crippen molar-refractivity contribution in [3.8, 4) is 0 Å². The van der Waals surface area contributed by atoms with Gasteiger partial charge in [-0.2, -0.15) is 0 Å². The van der Waals surface area contributed by atoms with Gasteiger partial charge in [-0.15, -0.1) is 0 Å². The summed E-state index contributed by atoms with van der Waals surface area (Å²) in [6, 6.07) is 9.03. The maximum atomic E-state index is 11.5. The number of urea groups is 1. The van der Waals surface area contributed by atoms with E-state index in [1.165, 1.54) is 0 Å². The molecule has 0 aromatic heterocycles. The van der Waals surface area contributed by atoms with Crippen LogP contribution in [0.5, 0.6) is 0 Å². The Morgan fingerprint density at radius 2 is 1.88 bits per heavy atom. The summed E-state index contributed by atoms with van der Waals surface area (Å²) in [4.78, 5) is 22.7. The van der Waals surface area contributed by atoms with E-state index in [0.29, 0.717) is 6.42 Å². The van der Waals surface area contributed by atoms with Crippen LogP contribution in [0, 0.1) is 0 Å². The third-order valence-corrected chi connectivity index (χ3v) is 2.38. The SMILES string of the molecule is CCCC(=O)NC(=O)NC(C)c1ccccc1. The van der Waals surface area contributed by atoms with Crippen molar-refractivity contribution in [1.82, 2.24) is 10.6 Å². The molecule has 1 unspecified atom stereocenters. The molecule has 4 heteroatoms. The molecule has 0 aliphatic heterocycles. The van der Waals surface area contributed by atoms with Gasteiger partial charge in [0.05, 0.1) is 6.04 Å². The van der Waals surface area contributed by atoms with E-state index in [0.717, 1.165) is 12.0 Å². The average molecular weight is 234 g/mol. The zero-order valence-corrected chi connectivity index (χ0v) is 10.2. The topological polar surface area (TPSA) is 58.2 Å². The lowest BCUT2D eigenvalue weighted by molar-refractivity contribution is -0.120. The molecule has 1 aromatic rings. The van der Waals surface area contributed by atoms with Crippen LogP contribution in [-0.2, 0) is 4.79 Å². The number of carbonyl (C=O) groups excluding carboxylic acids is 2. The smallest absolute Gasteiger partial charge is 0.321 e. The zero-order chi connectivity index (χ0) is 12.7. The first-order valence-electron chi connectivity index (χ1n) is 5.78. The summed E-state index contributed by atoms with van der Waals surface area (Å²) in [5, 5.41) is 5.01. The summed E-state index contributed by atoms with van der Waals surface area (Å²) < 4.78 is 0. The van der Waals surface area contributed by atoms with Crippen LogP contribution in [-0.4, -0.2) is 11.9 Å². The van der Waals surface area contributed by atoms with Gasteiger partial charge in [0, 0.05) is 6.42 Å². The van der Waals surface area contributed by atoms with Crippen LogP contribution in [0.1, 0.15) is 38.3 Å². The van der Waals surface area contributed by atoms with Crippen LogP contribution in [0.4, 0.5) is 4.79 Å². The highest BCUT2D eigenvalue weighted by atomic mass is 16.2. The van der Waals surface area contributed by atoms with Gasteiger partial charge in [0.2, 0.25) is 5.91 Å². The van der Waals surface area contributed by atoms with Crippen molar-refractivity contribution in [2.75, 3.05) is 0 Å². The van der Waals surface area contributed by atoms with Gasteiger partial charge < -0.3 is 5.32 Å². The summed E-state index contributed by atoms with van der Waals surface area (Å²) >= 11 is 0. The number of imide groups is 1. The van der Waals surface area contributed by atoms with E-state index in [-0.39, 0.29) is 11.9 Å². The van der Waals surface area contributed by atoms with Gasteiger partial charge in [0.25, 0.3) is 0 Å². The standard InChI is InChI=1S/C13H18N2O2/c1-3-7-12(16)15-13(17)14-10(2)11-8-5-4-6-9-11/h4-6,8-10H,3,7H2,1-2H3,(H2,14,15,16,17). The van der Waals surface area contributed by atoms with Gasteiger partial charge in [-0.3, -0.25) is 10.1 Å². The molecule has 92 valence electrons. The quantitative estimate of drug-likeness (QED) is 0.840. The molecule has 17 heavy (non-hydrogen) atoms. The van der Waals surface area contributed by atoms with Gasteiger partial charge >= 0.3 is 6.03 Å². The number of hydrogen-bond donors (Lipinski definition) is 2. The lowest BCUT2D eigenvalue weighted by Crippen LogP contribution is -2.40. The summed E-state index contributed by atoms with van der Waals surface area (Å²) in [6.07, 6.45) is 1.10. The van der Waals surface area contributed by atoms with Crippen molar-refractivity contribution in [1.29, 1.82) is 0 Å². The van der Waals surface area contributed by atoms with Crippen molar-refractivity contribution in [2.45, 2.75) is 32.7 Å². The van der Waals surface area contributed by atoms with E-state index in [1.807, 2.05) is 44.2 Å². The Bertz CT molecular complexity index is 376. The van der Waals surface area contributed by atoms with Crippen LogP contribution in [0.15, 0.2) is 30.3 Å². The van der Waals surface area contributed by atoms with E-state index in [4.69, 9.17) is 0 Å². The molecule has 3 amide bonds. The average Bonchev–Trinajstić information content (AvgIpc) is 2.30. The first-order valence-corrected chi connectivity index (χ1v) is 5.78.